The molecule has 2 aromatic rings. The Morgan fingerprint density at radius 2 is 2.20 bits per heavy atom. The van der Waals surface area contributed by atoms with Gasteiger partial charge in [0.05, 0.1) is 0 Å². The van der Waals surface area contributed by atoms with E-state index in [1.54, 1.807) is 31.5 Å². The summed E-state index contributed by atoms with van der Waals surface area (Å²) in [5.41, 5.74) is 0.393. The summed E-state index contributed by atoms with van der Waals surface area (Å²) in [4.78, 5) is 13.8. The Hall–Kier alpha value is -2.08. The SMILES string of the molecule is CN(C)C(=O)Nc1ccc(OCc2cccs2)c(F)c1. The van der Waals surface area contributed by atoms with Gasteiger partial charge in [0.1, 0.15) is 6.61 Å². The van der Waals surface area contributed by atoms with E-state index in [4.69, 9.17) is 4.74 Å². The third kappa shape index (κ3) is 3.71. The standard InChI is InChI=1S/C14H15FN2O2S/c1-17(2)14(18)16-10-5-6-13(12(15)8-10)19-9-11-4-3-7-20-11/h3-8H,9H2,1-2H3,(H,16,18). The molecule has 0 aliphatic rings. The minimum Gasteiger partial charge on any atom is -0.485 e. The lowest BCUT2D eigenvalue weighted by Gasteiger charge is -2.13. The highest BCUT2D eigenvalue weighted by atomic mass is 32.1. The van der Waals surface area contributed by atoms with Gasteiger partial charge in [-0.25, -0.2) is 9.18 Å². The van der Waals surface area contributed by atoms with Gasteiger partial charge >= 0.3 is 6.03 Å². The second-order valence-corrected chi connectivity index (χ2v) is 5.37. The number of hydrogen-bond acceptors (Lipinski definition) is 3. The van der Waals surface area contributed by atoms with E-state index in [0.717, 1.165) is 4.88 Å². The van der Waals surface area contributed by atoms with Gasteiger partial charge in [-0.2, -0.15) is 0 Å². The summed E-state index contributed by atoms with van der Waals surface area (Å²) in [5.74, 6) is -0.334. The molecular weight excluding hydrogens is 279 g/mol. The molecule has 1 aromatic heterocycles. The van der Waals surface area contributed by atoms with E-state index < -0.39 is 5.82 Å². The normalized spacial score (nSPS) is 10.2. The van der Waals surface area contributed by atoms with E-state index in [0.29, 0.717) is 12.3 Å². The number of urea groups is 1. The maximum atomic E-state index is 13.8. The first kappa shape index (κ1) is 14.3. The van der Waals surface area contributed by atoms with Crippen LogP contribution in [0.15, 0.2) is 35.7 Å². The number of nitrogens with one attached hydrogen (secondary N) is 1. The lowest BCUT2D eigenvalue weighted by molar-refractivity contribution is 0.230. The van der Waals surface area contributed by atoms with Crippen LogP contribution in [-0.4, -0.2) is 25.0 Å². The highest BCUT2D eigenvalue weighted by molar-refractivity contribution is 7.09. The van der Waals surface area contributed by atoms with Crippen molar-refractivity contribution in [2.45, 2.75) is 6.61 Å². The first-order chi connectivity index (χ1) is 9.56. The number of halogens is 1. The van der Waals surface area contributed by atoms with Gasteiger partial charge < -0.3 is 15.0 Å². The zero-order chi connectivity index (χ0) is 14.5. The molecule has 0 aliphatic carbocycles. The second-order valence-electron chi connectivity index (χ2n) is 4.34. The number of carbonyl (C=O) groups excluding carboxylic acids is 1. The molecular formula is C14H15FN2O2S. The lowest BCUT2D eigenvalue weighted by Crippen LogP contribution is -2.27. The number of nitrogens with zero attached hydrogens (tertiary/aromatic N) is 1. The van der Waals surface area contributed by atoms with Gasteiger partial charge in [-0.05, 0) is 23.6 Å². The number of ether oxygens (including phenoxy) is 1. The third-order valence-electron chi connectivity index (χ3n) is 2.54. The molecule has 1 N–H and O–H groups in total. The lowest BCUT2D eigenvalue weighted by atomic mass is 10.3. The fraction of sp³-hybridized carbons (Fsp3) is 0.214. The molecule has 2 rings (SSSR count). The maximum Gasteiger partial charge on any atom is 0.321 e. The molecule has 20 heavy (non-hydrogen) atoms. The van der Waals surface area contributed by atoms with Gasteiger partial charge in [-0.15, -0.1) is 11.3 Å². The molecule has 0 saturated heterocycles. The van der Waals surface area contributed by atoms with Crippen LogP contribution in [0.2, 0.25) is 0 Å². The molecule has 0 bridgehead atoms. The van der Waals surface area contributed by atoms with Crippen molar-refractivity contribution >= 4 is 23.1 Å². The largest absolute Gasteiger partial charge is 0.485 e. The van der Waals surface area contributed by atoms with Crippen molar-refractivity contribution in [1.29, 1.82) is 0 Å². The highest BCUT2D eigenvalue weighted by Gasteiger charge is 2.08. The number of amides is 2. The highest BCUT2D eigenvalue weighted by Crippen LogP contribution is 2.23. The van der Waals surface area contributed by atoms with Crippen molar-refractivity contribution in [1.82, 2.24) is 4.90 Å². The predicted octanol–water partition coefficient (Wildman–Crippen LogP) is 3.56. The van der Waals surface area contributed by atoms with Gasteiger partial charge in [0.15, 0.2) is 11.6 Å². The van der Waals surface area contributed by atoms with Crippen molar-refractivity contribution in [3.63, 3.8) is 0 Å². The van der Waals surface area contributed by atoms with Crippen LogP contribution in [0, 0.1) is 5.82 Å². The monoisotopic (exact) mass is 294 g/mol. The maximum absolute atomic E-state index is 13.8. The van der Waals surface area contributed by atoms with Crippen LogP contribution < -0.4 is 10.1 Å². The van der Waals surface area contributed by atoms with E-state index in [1.807, 2.05) is 17.5 Å². The molecule has 0 fully saturated rings. The van der Waals surface area contributed by atoms with Crippen molar-refractivity contribution in [2.24, 2.45) is 0 Å². The molecule has 1 heterocycles. The Kier molecular flexibility index (Phi) is 4.57. The van der Waals surface area contributed by atoms with E-state index in [1.165, 1.54) is 17.0 Å². The van der Waals surface area contributed by atoms with Crippen LogP contribution in [0.3, 0.4) is 0 Å². The number of carbonyl (C=O) groups is 1. The smallest absolute Gasteiger partial charge is 0.321 e. The predicted molar refractivity (Wildman–Crippen MR) is 77.8 cm³/mol. The van der Waals surface area contributed by atoms with Crippen molar-refractivity contribution in [3.05, 3.63) is 46.4 Å². The van der Waals surface area contributed by atoms with Gasteiger partial charge in [0, 0.05) is 30.7 Å². The van der Waals surface area contributed by atoms with Crippen molar-refractivity contribution in [2.75, 3.05) is 19.4 Å². The number of thiophene rings is 1. The minimum absolute atomic E-state index is 0.168. The average molecular weight is 294 g/mol. The Morgan fingerprint density at radius 1 is 1.40 bits per heavy atom. The van der Waals surface area contributed by atoms with Crippen molar-refractivity contribution in [3.8, 4) is 5.75 Å². The summed E-state index contributed by atoms with van der Waals surface area (Å²) < 4.78 is 19.2. The van der Waals surface area contributed by atoms with Gasteiger partial charge in [-0.3, -0.25) is 0 Å². The average Bonchev–Trinajstić information content (AvgIpc) is 2.90. The molecule has 0 spiro atoms. The van der Waals surface area contributed by atoms with E-state index in [9.17, 15) is 9.18 Å². The summed E-state index contributed by atoms with van der Waals surface area (Å²) in [6.07, 6.45) is 0. The first-order valence-corrected chi connectivity index (χ1v) is 6.87. The third-order valence-corrected chi connectivity index (χ3v) is 3.39. The van der Waals surface area contributed by atoms with E-state index >= 15 is 0 Å². The van der Waals surface area contributed by atoms with Crippen LogP contribution in [0.25, 0.3) is 0 Å². The summed E-state index contributed by atoms with van der Waals surface area (Å²) in [6, 6.07) is 7.89. The molecule has 0 unspecified atom stereocenters. The van der Waals surface area contributed by atoms with Crippen LogP contribution in [0.5, 0.6) is 5.75 Å². The summed E-state index contributed by atoms with van der Waals surface area (Å²) in [6.45, 7) is 0.331. The molecule has 0 radical (unpaired) electrons. The fourth-order valence-electron chi connectivity index (χ4n) is 1.47. The van der Waals surface area contributed by atoms with Gasteiger partial charge in [-0.1, -0.05) is 6.07 Å². The summed E-state index contributed by atoms with van der Waals surface area (Å²) in [7, 11) is 3.23. The number of benzene rings is 1. The van der Waals surface area contributed by atoms with Crippen molar-refractivity contribution < 1.29 is 13.9 Å². The molecule has 0 aliphatic heterocycles. The van der Waals surface area contributed by atoms with Crippen LogP contribution >= 0.6 is 11.3 Å². The Labute approximate surface area is 120 Å². The van der Waals surface area contributed by atoms with Gasteiger partial charge in [0.2, 0.25) is 0 Å². The number of rotatable bonds is 4. The van der Waals surface area contributed by atoms with Gasteiger partial charge in [0.25, 0.3) is 0 Å². The Balaban J connectivity index is 2.00. The first-order valence-electron chi connectivity index (χ1n) is 5.99. The molecule has 0 atom stereocenters. The topological polar surface area (TPSA) is 41.6 Å². The summed E-state index contributed by atoms with van der Waals surface area (Å²) >= 11 is 1.55. The number of hydrogen-bond donors (Lipinski definition) is 1. The quantitative estimate of drug-likeness (QED) is 0.936. The molecule has 6 heteroatoms. The minimum atomic E-state index is -0.502. The van der Waals surface area contributed by atoms with Crippen LogP contribution in [0.1, 0.15) is 4.88 Å². The zero-order valence-electron chi connectivity index (χ0n) is 11.2. The van der Waals surface area contributed by atoms with E-state index in [2.05, 4.69) is 5.32 Å². The van der Waals surface area contributed by atoms with E-state index in [-0.39, 0.29) is 11.8 Å². The van der Waals surface area contributed by atoms with Crippen LogP contribution in [0.4, 0.5) is 14.9 Å². The molecule has 0 saturated carbocycles. The van der Waals surface area contributed by atoms with Crippen LogP contribution in [-0.2, 0) is 6.61 Å². The molecule has 1 aromatic carbocycles. The number of anilines is 1. The molecule has 4 nitrogen and oxygen atoms in total. The Bertz CT molecular complexity index is 585. The molecule has 106 valence electrons. The second kappa shape index (κ2) is 6.38. The molecule has 2 amide bonds. The fourth-order valence-corrected chi connectivity index (χ4v) is 2.09. The zero-order valence-corrected chi connectivity index (χ0v) is 12.0. The Morgan fingerprint density at radius 3 is 2.80 bits per heavy atom. The summed E-state index contributed by atoms with van der Waals surface area (Å²) in [5, 5.41) is 4.51.